The number of benzene rings is 2. The summed E-state index contributed by atoms with van der Waals surface area (Å²) in [6.07, 6.45) is 0.771. The van der Waals surface area contributed by atoms with E-state index >= 15 is 0 Å². The predicted molar refractivity (Wildman–Crippen MR) is 102 cm³/mol. The quantitative estimate of drug-likeness (QED) is 0.737. The van der Waals surface area contributed by atoms with Gasteiger partial charge in [0.05, 0.1) is 7.11 Å². The van der Waals surface area contributed by atoms with Crippen molar-refractivity contribution in [2.45, 2.75) is 12.8 Å². The minimum absolute atomic E-state index is 0.219. The fraction of sp³-hybridized carbons (Fsp3) is 0.300. The summed E-state index contributed by atoms with van der Waals surface area (Å²) in [5.74, 6) is 0.00550. The van der Waals surface area contributed by atoms with E-state index in [-0.39, 0.29) is 18.9 Å². The fourth-order valence-electron chi connectivity index (χ4n) is 2.30. The molecule has 0 bridgehead atoms. The van der Waals surface area contributed by atoms with Crippen LogP contribution < -0.4 is 15.0 Å². The van der Waals surface area contributed by atoms with Gasteiger partial charge in [0.2, 0.25) is 0 Å². The fourth-order valence-corrected chi connectivity index (χ4v) is 2.30. The third kappa shape index (κ3) is 6.12. The Labute approximate surface area is 153 Å². The van der Waals surface area contributed by atoms with Gasteiger partial charge < -0.3 is 19.7 Å². The van der Waals surface area contributed by atoms with Gasteiger partial charge in [0.1, 0.15) is 5.75 Å². The molecule has 2 rings (SSSR count). The number of anilines is 2. The SMILES string of the molecule is COc1ccc(CCC(=O)OCC(=O)Nc2ccc(N(C)C)cc2)cc1. The van der Waals surface area contributed by atoms with E-state index in [9.17, 15) is 9.59 Å². The smallest absolute Gasteiger partial charge is 0.306 e. The molecular weight excluding hydrogens is 332 g/mol. The van der Waals surface area contributed by atoms with Crippen molar-refractivity contribution < 1.29 is 19.1 Å². The van der Waals surface area contributed by atoms with Crippen LogP contribution in [-0.2, 0) is 20.7 Å². The van der Waals surface area contributed by atoms with Gasteiger partial charge in [-0.05, 0) is 48.4 Å². The minimum Gasteiger partial charge on any atom is -0.497 e. The third-order valence-corrected chi connectivity index (χ3v) is 3.81. The van der Waals surface area contributed by atoms with Gasteiger partial charge in [0.15, 0.2) is 6.61 Å². The van der Waals surface area contributed by atoms with Gasteiger partial charge >= 0.3 is 5.97 Å². The van der Waals surface area contributed by atoms with Crippen LogP contribution in [0.3, 0.4) is 0 Å². The summed E-state index contributed by atoms with van der Waals surface area (Å²) in [6.45, 7) is -0.295. The monoisotopic (exact) mass is 356 g/mol. The highest BCUT2D eigenvalue weighted by molar-refractivity contribution is 5.92. The maximum atomic E-state index is 11.9. The first kappa shape index (κ1) is 19.3. The van der Waals surface area contributed by atoms with Gasteiger partial charge in [-0.3, -0.25) is 9.59 Å². The molecule has 0 atom stereocenters. The van der Waals surface area contributed by atoms with Crippen LogP contribution in [0.25, 0.3) is 0 Å². The lowest BCUT2D eigenvalue weighted by Gasteiger charge is -2.13. The zero-order valence-electron chi connectivity index (χ0n) is 15.3. The number of amides is 1. The van der Waals surface area contributed by atoms with Gasteiger partial charge in [-0.25, -0.2) is 0 Å². The molecule has 2 aromatic carbocycles. The summed E-state index contributed by atoms with van der Waals surface area (Å²) < 4.78 is 10.1. The first-order chi connectivity index (χ1) is 12.5. The van der Waals surface area contributed by atoms with Crippen molar-refractivity contribution in [2.24, 2.45) is 0 Å². The third-order valence-electron chi connectivity index (χ3n) is 3.81. The summed E-state index contributed by atoms with van der Waals surface area (Å²) >= 11 is 0. The number of carbonyl (C=O) groups is 2. The first-order valence-electron chi connectivity index (χ1n) is 8.33. The minimum atomic E-state index is -0.404. The average molecular weight is 356 g/mol. The van der Waals surface area contributed by atoms with Gasteiger partial charge in [-0.15, -0.1) is 0 Å². The predicted octanol–water partition coefficient (Wildman–Crippen LogP) is 2.88. The zero-order valence-corrected chi connectivity index (χ0v) is 15.3. The maximum Gasteiger partial charge on any atom is 0.306 e. The first-order valence-corrected chi connectivity index (χ1v) is 8.33. The molecule has 0 saturated carbocycles. The van der Waals surface area contributed by atoms with E-state index in [0.29, 0.717) is 12.1 Å². The number of hydrogen-bond donors (Lipinski definition) is 1. The van der Waals surface area contributed by atoms with Crippen LogP contribution in [0.2, 0.25) is 0 Å². The molecule has 0 unspecified atom stereocenters. The summed E-state index contributed by atoms with van der Waals surface area (Å²) in [6, 6.07) is 14.9. The molecule has 6 heteroatoms. The van der Waals surface area contributed by atoms with E-state index in [1.54, 1.807) is 19.2 Å². The molecule has 1 amide bonds. The Bertz CT molecular complexity index is 724. The largest absolute Gasteiger partial charge is 0.497 e. The molecule has 1 N–H and O–H groups in total. The molecule has 6 nitrogen and oxygen atoms in total. The van der Waals surface area contributed by atoms with Gasteiger partial charge in [0, 0.05) is 31.9 Å². The van der Waals surface area contributed by atoms with E-state index < -0.39 is 5.97 Å². The topological polar surface area (TPSA) is 67.9 Å². The number of nitrogens with zero attached hydrogens (tertiary/aromatic N) is 1. The highest BCUT2D eigenvalue weighted by Gasteiger charge is 2.09. The van der Waals surface area contributed by atoms with E-state index in [1.807, 2.05) is 55.4 Å². The Morgan fingerprint density at radius 3 is 2.23 bits per heavy atom. The number of methoxy groups -OCH3 is 1. The second-order valence-corrected chi connectivity index (χ2v) is 6.00. The van der Waals surface area contributed by atoms with E-state index in [0.717, 1.165) is 17.0 Å². The number of hydrogen-bond acceptors (Lipinski definition) is 5. The summed E-state index contributed by atoms with van der Waals surface area (Å²) in [5.41, 5.74) is 2.70. The number of nitrogens with one attached hydrogen (secondary N) is 1. The lowest BCUT2D eigenvalue weighted by atomic mass is 10.1. The van der Waals surface area contributed by atoms with Crippen molar-refractivity contribution in [2.75, 3.05) is 38.0 Å². The van der Waals surface area contributed by atoms with Crippen molar-refractivity contribution in [3.05, 3.63) is 54.1 Å². The molecule has 26 heavy (non-hydrogen) atoms. The summed E-state index contributed by atoms with van der Waals surface area (Å²) in [5, 5.41) is 2.70. The maximum absolute atomic E-state index is 11.9. The standard InChI is InChI=1S/C20H24N2O4/c1-22(2)17-9-7-16(8-10-17)21-19(23)14-26-20(24)13-6-15-4-11-18(25-3)12-5-15/h4-5,7-12H,6,13-14H2,1-3H3,(H,21,23). The molecule has 0 radical (unpaired) electrons. The van der Waals surface area contributed by atoms with E-state index in [4.69, 9.17) is 9.47 Å². The number of esters is 1. The molecule has 0 saturated heterocycles. The highest BCUT2D eigenvalue weighted by atomic mass is 16.5. The molecular formula is C20H24N2O4. The molecule has 0 aliphatic carbocycles. The number of ether oxygens (including phenoxy) is 2. The van der Waals surface area contributed by atoms with Crippen LogP contribution >= 0.6 is 0 Å². The lowest BCUT2D eigenvalue weighted by molar-refractivity contribution is -0.147. The number of carbonyl (C=O) groups excluding carboxylic acids is 2. The highest BCUT2D eigenvalue weighted by Crippen LogP contribution is 2.15. The van der Waals surface area contributed by atoms with Gasteiger partial charge in [0.25, 0.3) is 5.91 Å². The van der Waals surface area contributed by atoms with Crippen LogP contribution in [0.4, 0.5) is 11.4 Å². The summed E-state index contributed by atoms with van der Waals surface area (Å²) in [4.78, 5) is 25.6. The molecule has 0 aromatic heterocycles. The second-order valence-electron chi connectivity index (χ2n) is 6.00. The van der Waals surface area contributed by atoms with Crippen LogP contribution in [0.1, 0.15) is 12.0 Å². The number of aryl methyl sites for hydroxylation is 1. The van der Waals surface area contributed by atoms with Gasteiger partial charge in [-0.2, -0.15) is 0 Å². The Morgan fingerprint density at radius 2 is 1.65 bits per heavy atom. The van der Waals surface area contributed by atoms with Crippen molar-refractivity contribution in [3.63, 3.8) is 0 Å². The van der Waals surface area contributed by atoms with E-state index in [2.05, 4.69) is 5.32 Å². The second kappa shape index (κ2) is 9.46. The molecule has 138 valence electrons. The Morgan fingerprint density at radius 1 is 1.00 bits per heavy atom. The van der Waals surface area contributed by atoms with Crippen molar-refractivity contribution in [3.8, 4) is 5.75 Å². The number of rotatable bonds is 8. The normalized spacial score (nSPS) is 10.1. The Kier molecular flexibility index (Phi) is 7.02. The van der Waals surface area contributed by atoms with Gasteiger partial charge in [-0.1, -0.05) is 12.1 Å². The molecule has 0 spiro atoms. The molecule has 0 heterocycles. The lowest BCUT2D eigenvalue weighted by Crippen LogP contribution is -2.21. The van der Waals surface area contributed by atoms with Crippen molar-refractivity contribution in [1.82, 2.24) is 0 Å². The van der Waals surface area contributed by atoms with Crippen molar-refractivity contribution in [1.29, 1.82) is 0 Å². The van der Waals surface area contributed by atoms with E-state index in [1.165, 1.54) is 0 Å². The van der Waals surface area contributed by atoms with Crippen LogP contribution in [0.5, 0.6) is 5.75 Å². The zero-order chi connectivity index (χ0) is 18.9. The average Bonchev–Trinajstić information content (AvgIpc) is 2.65. The summed E-state index contributed by atoms with van der Waals surface area (Å²) in [7, 11) is 5.49. The molecule has 0 aliphatic heterocycles. The molecule has 0 aliphatic rings. The van der Waals surface area contributed by atoms with Crippen LogP contribution in [-0.4, -0.2) is 39.7 Å². The Balaban J connectivity index is 1.71. The van der Waals surface area contributed by atoms with Crippen molar-refractivity contribution >= 4 is 23.3 Å². The molecule has 2 aromatic rings. The Hall–Kier alpha value is -3.02. The molecule has 0 fully saturated rings. The van der Waals surface area contributed by atoms with Crippen LogP contribution in [0.15, 0.2) is 48.5 Å². The van der Waals surface area contributed by atoms with Crippen LogP contribution in [0, 0.1) is 0 Å².